The van der Waals surface area contributed by atoms with Crippen LogP contribution in [0.1, 0.15) is 42.4 Å². The van der Waals surface area contributed by atoms with E-state index in [-0.39, 0.29) is 17.9 Å². The lowest BCUT2D eigenvalue weighted by Crippen LogP contribution is -2.60. The van der Waals surface area contributed by atoms with Gasteiger partial charge in [-0.2, -0.15) is 5.10 Å². The van der Waals surface area contributed by atoms with Crippen molar-refractivity contribution < 1.29 is 9.90 Å². The number of likely N-dealkylation sites (tertiary alicyclic amines) is 1. The smallest absolute Gasteiger partial charge is 0.223 e. The Bertz CT molecular complexity index is 873. The van der Waals surface area contributed by atoms with E-state index in [9.17, 15) is 9.90 Å². The topological polar surface area (TPSA) is 85.3 Å². The van der Waals surface area contributed by atoms with Crippen LogP contribution in [0.4, 0.5) is 0 Å². The molecule has 4 fully saturated rings. The molecule has 148 valence electrons. The van der Waals surface area contributed by atoms with Crippen molar-refractivity contribution >= 4 is 5.91 Å². The zero-order valence-corrected chi connectivity index (χ0v) is 16.2. The predicted molar refractivity (Wildman–Crippen MR) is 104 cm³/mol. The highest BCUT2D eigenvalue weighted by molar-refractivity contribution is 5.77. The highest BCUT2D eigenvalue weighted by atomic mass is 16.3. The van der Waals surface area contributed by atoms with Crippen LogP contribution in [0.2, 0.25) is 0 Å². The van der Waals surface area contributed by atoms with Crippen LogP contribution >= 0.6 is 0 Å². The monoisotopic (exact) mass is 381 g/mol. The molecule has 1 amide bonds. The molecule has 28 heavy (non-hydrogen) atoms. The van der Waals surface area contributed by atoms with Gasteiger partial charge >= 0.3 is 0 Å². The summed E-state index contributed by atoms with van der Waals surface area (Å²) in [6.45, 7) is 4.85. The normalized spacial score (nSPS) is 31.2. The summed E-state index contributed by atoms with van der Waals surface area (Å²) in [6.07, 6.45) is 3.37. The van der Waals surface area contributed by atoms with Crippen molar-refractivity contribution in [2.45, 2.75) is 50.6 Å². The van der Waals surface area contributed by atoms with Crippen LogP contribution in [0.25, 0.3) is 0 Å². The summed E-state index contributed by atoms with van der Waals surface area (Å²) in [5.41, 5.74) is 1.14. The molecule has 1 aromatic heterocycles. The lowest BCUT2D eigenvalue weighted by Gasteiger charge is -2.51. The summed E-state index contributed by atoms with van der Waals surface area (Å²) >= 11 is 0. The number of aromatic amines is 1. The van der Waals surface area contributed by atoms with Gasteiger partial charge in [0.05, 0.1) is 6.04 Å². The van der Waals surface area contributed by atoms with E-state index < -0.39 is 0 Å². The van der Waals surface area contributed by atoms with Crippen molar-refractivity contribution in [1.29, 1.82) is 0 Å². The Morgan fingerprint density at radius 1 is 1.29 bits per heavy atom. The number of carbonyl (C=O) groups excluding carboxylic acids is 1. The van der Waals surface area contributed by atoms with Gasteiger partial charge in [0.1, 0.15) is 11.6 Å². The summed E-state index contributed by atoms with van der Waals surface area (Å²) in [6, 6.07) is 8.24. The molecule has 0 unspecified atom stereocenters. The maximum atomic E-state index is 13.2. The molecule has 6 rings (SSSR count). The molecule has 4 aliphatic heterocycles. The lowest BCUT2D eigenvalue weighted by atomic mass is 9.75. The zero-order chi connectivity index (χ0) is 19.3. The SMILES string of the molecule is Cc1nc(CCC(=O)N2C[C@H](c3cccc(O)c3)[C@H]3[C@@H]2C2CCN3CC2)n[nH]1. The number of H-pyrrole nitrogens is 1. The van der Waals surface area contributed by atoms with E-state index in [2.05, 4.69) is 31.0 Å². The summed E-state index contributed by atoms with van der Waals surface area (Å²) < 4.78 is 0. The van der Waals surface area contributed by atoms with Gasteiger partial charge in [0.25, 0.3) is 0 Å². The van der Waals surface area contributed by atoms with Crippen LogP contribution in [0.15, 0.2) is 24.3 Å². The van der Waals surface area contributed by atoms with Crippen LogP contribution in [0, 0.1) is 12.8 Å². The highest BCUT2D eigenvalue weighted by Gasteiger charge is 2.54. The summed E-state index contributed by atoms with van der Waals surface area (Å²) in [5, 5.41) is 17.0. The Morgan fingerprint density at radius 2 is 2.11 bits per heavy atom. The molecule has 0 radical (unpaired) electrons. The molecular weight excluding hydrogens is 354 g/mol. The molecular formula is C21H27N5O2. The maximum absolute atomic E-state index is 13.2. The molecule has 2 aromatic rings. The Hall–Kier alpha value is -2.41. The Labute approximate surface area is 164 Å². The fourth-order valence-corrected chi connectivity index (χ4v) is 5.62. The minimum absolute atomic E-state index is 0.203. The van der Waals surface area contributed by atoms with E-state index in [4.69, 9.17) is 0 Å². The van der Waals surface area contributed by atoms with Gasteiger partial charge in [0, 0.05) is 31.3 Å². The number of fused-ring (bicyclic) bond motifs is 2. The molecule has 5 heterocycles. The number of aromatic hydroxyl groups is 1. The minimum Gasteiger partial charge on any atom is -0.508 e. The minimum atomic E-state index is 0.203. The van der Waals surface area contributed by atoms with E-state index in [0.29, 0.717) is 36.4 Å². The number of piperidine rings is 3. The molecule has 0 saturated carbocycles. The van der Waals surface area contributed by atoms with E-state index in [1.807, 2.05) is 19.1 Å². The first kappa shape index (κ1) is 17.7. The third-order valence-electron chi connectivity index (χ3n) is 6.82. The van der Waals surface area contributed by atoms with E-state index >= 15 is 0 Å². The number of nitrogens with zero attached hydrogens (tertiary/aromatic N) is 4. The molecule has 7 heteroatoms. The number of aromatic nitrogens is 3. The number of nitrogens with one attached hydrogen (secondary N) is 1. The molecule has 4 aliphatic rings. The quantitative estimate of drug-likeness (QED) is 0.844. The van der Waals surface area contributed by atoms with Crippen LogP contribution in [-0.2, 0) is 11.2 Å². The average molecular weight is 381 g/mol. The van der Waals surface area contributed by atoms with E-state index in [0.717, 1.165) is 31.0 Å². The first-order chi connectivity index (χ1) is 13.6. The van der Waals surface area contributed by atoms with Gasteiger partial charge in [-0.3, -0.25) is 14.8 Å². The number of hydrogen-bond acceptors (Lipinski definition) is 5. The fourth-order valence-electron chi connectivity index (χ4n) is 5.62. The van der Waals surface area contributed by atoms with Crippen molar-refractivity contribution in [3.05, 3.63) is 41.5 Å². The molecule has 2 N–H and O–H groups in total. The molecule has 3 atom stereocenters. The predicted octanol–water partition coefficient (Wildman–Crippen LogP) is 1.84. The third-order valence-corrected chi connectivity index (χ3v) is 6.82. The van der Waals surface area contributed by atoms with Gasteiger partial charge in [-0.25, -0.2) is 4.98 Å². The van der Waals surface area contributed by atoms with Crippen molar-refractivity contribution in [2.24, 2.45) is 5.92 Å². The van der Waals surface area contributed by atoms with Crippen LogP contribution in [0.3, 0.4) is 0 Å². The fraction of sp³-hybridized carbons (Fsp3) is 0.571. The molecule has 1 aromatic carbocycles. The van der Waals surface area contributed by atoms with Gasteiger partial charge in [-0.05, 0) is 56.5 Å². The highest BCUT2D eigenvalue weighted by Crippen LogP contribution is 2.47. The number of amides is 1. The first-order valence-electron chi connectivity index (χ1n) is 10.3. The van der Waals surface area contributed by atoms with Crippen molar-refractivity contribution in [3.63, 3.8) is 0 Å². The van der Waals surface area contributed by atoms with Gasteiger partial charge in [-0.15, -0.1) is 0 Å². The van der Waals surface area contributed by atoms with Gasteiger partial charge in [0.15, 0.2) is 5.82 Å². The zero-order valence-electron chi connectivity index (χ0n) is 16.2. The number of phenols is 1. The number of carbonyl (C=O) groups is 1. The Balaban J connectivity index is 1.39. The summed E-state index contributed by atoms with van der Waals surface area (Å²) in [4.78, 5) is 22.2. The Kier molecular flexibility index (Phi) is 4.34. The number of aryl methyl sites for hydroxylation is 2. The molecule has 4 saturated heterocycles. The largest absolute Gasteiger partial charge is 0.508 e. The van der Waals surface area contributed by atoms with Crippen molar-refractivity contribution in [2.75, 3.05) is 19.6 Å². The van der Waals surface area contributed by atoms with Crippen LogP contribution < -0.4 is 0 Å². The van der Waals surface area contributed by atoms with Crippen molar-refractivity contribution in [1.82, 2.24) is 25.0 Å². The van der Waals surface area contributed by atoms with Gasteiger partial charge < -0.3 is 10.0 Å². The molecule has 2 bridgehead atoms. The molecule has 7 nitrogen and oxygen atoms in total. The summed E-state index contributed by atoms with van der Waals surface area (Å²) in [7, 11) is 0. The number of hydrogen-bond donors (Lipinski definition) is 2. The van der Waals surface area contributed by atoms with Crippen molar-refractivity contribution in [3.8, 4) is 5.75 Å². The van der Waals surface area contributed by atoms with Gasteiger partial charge in [-0.1, -0.05) is 12.1 Å². The lowest BCUT2D eigenvalue weighted by molar-refractivity contribution is -0.136. The number of rotatable bonds is 4. The maximum Gasteiger partial charge on any atom is 0.223 e. The molecule has 0 spiro atoms. The second kappa shape index (κ2) is 6.88. The second-order valence-electron chi connectivity index (χ2n) is 8.44. The standard InChI is InChI=1S/C21H27N5O2/c1-13-22-18(24-23-13)5-6-19(28)26-12-17(15-3-2-4-16(27)11-15)21-20(26)14-7-9-25(21)10-8-14/h2-4,11,14,17,20-21,27H,5-10,12H2,1H3,(H,22,23,24)/t17-,20+,21+/m1/s1. The van der Waals surface area contributed by atoms with Crippen LogP contribution in [0.5, 0.6) is 5.75 Å². The van der Waals surface area contributed by atoms with E-state index in [1.54, 1.807) is 6.07 Å². The number of phenolic OH excluding ortho intramolecular Hbond substituents is 1. The molecule has 0 aliphatic carbocycles. The van der Waals surface area contributed by atoms with E-state index in [1.165, 1.54) is 12.8 Å². The Morgan fingerprint density at radius 3 is 2.82 bits per heavy atom. The first-order valence-corrected chi connectivity index (χ1v) is 10.3. The van der Waals surface area contributed by atoms with Crippen LogP contribution in [-0.4, -0.2) is 67.7 Å². The third kappa shape index (κ3) is 2.98. The second-order valence-corrected chi connectivity index (χ2v) is 8.44. The van der Waals surface area contributed by atoms with Gasteiger partial charge in [0.2, 0.25) is 5.91 Å². The number of benzene rings is 1. The average Bonchev–Trinajstić information content (AvgIpc) is 3.32. The summed E-state index contributed by atoms with van der Waals surface area (Å²) in [5.74, 6) is 2.84.